The van der Waals surface area contributed by atoms with E-state index >= 15 is 0 Å². The topological polar surface area (TPSA) is 64.3 Å². The minimum atomic E-state index is -0.476. The van der Waals surface area contributed by atoms with Crippen LogP contribution in [0.25, 0.3) is 0 Å². The van der Waals surface area contributed by atoms with Gasteiger partial charge in [-0.1, -0.05) is 6.07 Å². The minimum absolute atomic E-state index is 0.0348. The van der Waals surface area contributed by atoms with Gasteiger partial charge in [0.1, 0.15) is 5.75 Å². The number of fused-ring (bicyclic) bond motifs is 1. The van der Waals surface area contributed by atoms with Crippen molar-refractivity contribution >= 4 is 6.03 Å². The molecule has 1 aliphatic carbocycles. The van der Waals surface area contributed by atoms with Crippen molar-refractivity contribution in [2.45, 2.75) is 18.9 Å². The number of methoxy groups -OCH3 is 1. The molecule has 2 rings (SSSR count). The summed E-state index contributed by atoms with van der Waals surface area (Å²) in [6.45, 7) is 0. The lowest BCUT2D eigenvalue weighted by Gasteiger charge is -2.12. The van der Waals surface area contributed by atoms with E-state index in [2.05, 4.69) is 5.32 Å². The van der Waals surface area contributed by atoms with Crippen molar-refractivity contribution in [2.24, 2.45) is 5.73 Å². The molecule has 0 heterocycles. The molecule has 0 bridgehead atoms. The van der Waals surface area contributed by atoms with E-state index in [1.165, 1.54) is 5.56 Å². The SMILES string of the molecule is COc1ccc2c(c1)[C@H](NC(N)=O)CC2. The Morgan fingerprint density at radius 3 is 3.07 bits per heavy atom. The van der Waals surface area contributed by atoms with Crippen LogP contribution in [0.4, 0.5) is 4.79 Å². The molecule has 1 aromatic rings. The predicted octanol–water partition coefficient (Wildman–Crippen LogP) is 1.35. The highest BCUT2D eigenvalue weighted by Gasteiger charge is 2.23. The Balaban J connectivity index is 2.27. The monoisotopic (exact) mass is 206 g/mol. The number of hydrogen-bond donors (Lipinski definition) is 2. The summed E-state index contributed by atoms with van der Waals surface area (Å²) in [5.41, 5.74) is 7.50. The van der Waals surface area contributed by atoms with E-state index < -0.39 is 6.03 Å². The lowest BCUT2D eigenvalue weighted by Crippen LogP contribution is -2.32. The second-order valence-corrected chi connectivity index (χ2v) is 3.66. The highest BCUT2D eigenvalue weighted by molar-refractivity contribution is 5.72. The van der Waals surface area contributed by atoms with Crippen molar-refractivity contribution < 1.29 is 9.53 Å². The van der Waals surface area contributed by atoms with Crippen molar-refractivity contribution in [3.05, 3.63) is 29.3 Å². The number of primary amides is 1. The summed E-state index contributed by atoms with van der Waals surface area (Å²) >= 11 is 0. The van der Waals surface area contributed by atoms with E-state index in [9.17, 15) is 4.79 Å². The third-order valence-corrected chi connectivity index (χ3v) is 2.75. The fraction of sp³-hybridized carbons (Fsp3) is 0.364. The van der Waals surface area contributed by atoms with E-state index in [0.717, 1.165) is 24.2 Å². The Hall–Kier alpha value is -1.71. The zero-order chi connectivity index (χ0) is 10.8. The number of nitrogens with one attached hydrogen (secondary N) is 1. The Bertz CT molecular complexity index is 390. The third-order valence-electron chi connectivity index (χ3n) is 2.75. The quantitative estimate of drug-likeness (QED) is 0.767. The normalized spacial score (nSPS) is 18.3. The Labute approximate surface area is 88.4 Å². The van der Waals surface area contributed by atoms with Crippen molar-refractivity contribution in [1.82, 2.24) is 5.32 Å². The van der Waals surface area contributed by atoms with Gasteiger partial charge in [-0.05, 0) is 36.1 Å². The molecular formula is C11H14N2O2. The van der Waals surface area contributed by atoms with Crippen LogP contribution in [-0.4, -0.2) is 13.1 Å². The van der Waals surface area contributed by atoms with Gasteiger partial charge in [-0.2, -0.15) is 0 Å². The largest absolute Gasteiger partial charge is 0.497 e. The molecular weight excluding hydrogens is 192 g/mol. The van der Waals surface area contributed by atoms with Gasteiger partial charge in [0.15, 0.2) is 0 Å². The van der Waals surface area contributed by atoms with Crippen molar-refractivity contribution in [3.8, 4) is 5.75 Å². The summed E-state index contributed by atoms with van der Waals surface area (Å²) in [7, 11) is 1.63. The molecule has 1 aromatic carbocycles. The lowest BCUT2D eigenvalue weighted by molar-refractivity contribution is 0.245. The van der Waals surface area contributed by atoms with Crippen LogP contribution in [0.5, 0.6) is 5.75 Å². The number of amides is 2. The third kappa shape index (κ3) is 1.88. The number of nitrogens with two attached hydrogens (primary N) is 1. The van der Waals surface area contributed by atoms with E-state index in [4.69, 9.17) is 10.5 Å². The summed E-state index contributed by atoms with van der Waals surface area (Å²) in [5.74, 6) is 0.812. The van der Waals surface area contributed by atoms with Gasteiger partial charge in [0.25, 0.3) is 0 Å². The van der Waals surface area contributed by atoms with Crippen LogP contribution >= 0.6 is 0 Å². The number of urea groups is 1. The number of carbonyl (C=O) groups is 1. The first kappa shape index (κ1) is 9.83. The van der Waals surface area contributed by atoms with Crippen LogP contribution in [0.3, 0.4) is 0 Å². The summed E-state index contributed by atoms with van der Waals surface area (Å²) in [5, 5.41) is 2.73. The number of benzene rings is 1. The zero-order valence-corrected chi connectivity index (χ0v) is 8.62. The molecule has 1 aliphatic rings. The zero-order valence-electron chi connectivity index (χ0n) is 8.62. The molecule has 0 spiro atoms. The number of carbonyl (C=O) groups excluding carboxylic acids is 1. The molecule has 0 unspecified atom stereocenters. The van der Waals surface area contributed by atoms with Crippen LogP contribution < -0.4 is 15.8 Å². The average Bonchev–Trinajstić information content (AvgIpc) is 2.60. The fourth-order valence-corrected chi connectivity index (χ4v) is 2.03. The van der Waals surface area contributed by atoms with Crippen molar-refractivity contribution in [1.29, 1.82) is 0 Å². The second kappa shape index (κ2) is 3.81. The Kier molecular flexibility index (Phi) is 2.49. The highest BCUT2D eigenvalue weighted by atomic mass is 16.5. The van der Waals surface area contributed by atoms with E-state index in [1.807, 2.05) is 18.2 Å². The lowest BCUT2D eigenvalue weighted by atomic mass is 10.1. The molecule has 0 saturated heterocycles. The van der Waals surface area contributed by atoms with Gasteiger partial charge in [0.05, 0.1) is 13.2 Å². The molecule has 1 atom stereocenters. The van der Waals surface area contributed by atoms with Gasteiger partial charge in [0, 0.05) is 0 Å². The first-order valence-electron chi connectivity index (χ1n) is 4.93. The minimum Gasteiger partial charge on any atom is -0.497 e. The van der Waals surface area contributed by atoms with Crippen molar-refractivity contribution in [3.63, 3.8) is 0 Å². The van der Waals surface area contributed by atoms with Crippen molar-refractivity contribution in [2.75, 3.05) is 7.11 Å². The fourth-order valence-electron chi connectivity index (χ4n) is 2.03. The molecule has 15 heavy (non-hydrogen) atoms. The highest BCUT2D eigenvalue weighted by Crippen LogP contribution is 2.33. The van der Waals surface area contributed by atoms with E-state index in [1.54, 1.807) is 7.11 Å². The first-order valence-corrected chi connectivity index (χ1v) is 4.93. The maximum absolute atomic E-state index is 10.8. The molecule has 4 nitrogen and oxygen atoms in total. The van der Waals surface area contributed by atoms with Gasteiger partial charge in [-0.15, -0.1) is 0 Å². The molecule has 2 amide bonds. The number of hydrogen-bond acceptors (Lipinski definition) is 2. The molecule has 3 N–H and O–H groups in total. The van der Waals surface area contributed by atoms with Crippen LogP contribution in [0.2, 0.25) is 0 Å². The molecule has 80 valence electrons. The predicted molar refractivity (Wildman–Crippen MR) is 56.8 cm³/mol. The summed E-state index contributed by atoms with van der Waals surface area (Å²) in [4.78, 5) is 10.8. The number of aryl methyl sites for hydroxylation is 1. The van der Waals surface area contributed by atoms with Crippen LogP contribution in [0, 0.1) is 0 Å². The van der Waals surface area contributed by atoms with Crippen LogP contribution in [0.1, 0.15) is 23.6 Å². The van der Waals surface area contributed by atoms with Gasteiger partial charge >= 0.3 is 6.03 Å². The molecule has 0 radical (unpaired) electrons. The molecule has 0 aromatic heterocycles. The number of rotatable bonds is 2. The molecule has 0 fully saturated rings. The van der Waals surface area contributed by atoms with E-state index in [-0.39, 0.29) is 6.04 Å². The van der Waals surface area contributed by atoms with Gasteiger partial charge in [0.2, 0.25) is 0 Å². The maximum Gasteiger partial charge on any atom is 0.312 e. The van der Waals surface area contributed by atoms with Gasteiger partial charge < -0.3 is 15.8 Å². The molecule has 4 heteroatoms. The second-order valence-electron chi connectivity index (χ2n) is 3.66. The van der Waals surface area contributed by atoms with Gasteiger partial charge in [-0.3, -0.25) is 0 Å². The summed E-state index contributed by atoms with van der Waals surface area (Å²) < 4.78 is 5.15. The first-order chi connectivity index (χ1) is 7.20. The van der Waals surface area contributed by atoms with Gasteiger partial charge in [-0.25, -0.2) is 4.79 Å². The smallest absolute Gasteiger partial charge is 0.312 e. The van der Waals surface area contributed by atoms with Crippen LogP contribution in [0.15, 0.2) is 18.2 Å². The maximum atomic E-state index is 10.8. The number of ether oxygens (including phenoxy) is 1. The summed E-state index contributed by atoms with van der Waals surface area (Å²) in [6.07, 6.45) is 1.88. The summed E-state index contributed by atoms with van der Waals surface area (Å²) in [6, 6.07) is 5.49. The standard InChI is InChI=1S/C11H14N2O2/c1-15-8-4-2-7-3-5-10(9(7)6-8)13-11(12)14/h2,4,6,10H,3,5H2,1H3,(H3,12,13,14)/t10-/m1/s1. The van der Waals surface area contributed by atoms with Crippen LogP contribution in [-0.2, 0) is 6.42 Å². The van der Waals surface area contributed by atoms with E-state index in [0.29, 0.717) is 0 Å². The molecule has 0 saturated carbocycles. The Morgan fingerprint density at radius 2 is 2.40 bits per heavy atom. The average molecular weight is 206 g/mol. The molecule has 0 aliphatic heterocycles. The Morgan fingerprint density at radius 1 is 1.60 bits per heavy atom.